The molecule has 0 unspecified atom stereocenters. The Morgan fingerprint density at radius 2 is 2.00 bits per heavy atom. The van der Waals surface area contributed by atoms with Crippen LogP contribution in [-0.4, -0.2) is 21.5 Å². The molecule has 0 bridgehead atoms. The Hall–Kier alpha value is -2.18. The minimum atomic E-state index is -4.52. The van der Waals surface area contributed by atoms with Gasteiger partial charge in [0, 0.05) is 24.5 Å². The van der Waals surface area contributed by atoms with E-state index in [1.54, 1.807) is 19.2 Å². The lowest BCUT2D eigenvalue weighted by molar-refractivity contribution is -0.141. The van der Waals surface area contributed by atoms with Crippen molar-refractivity contribution in [2.45, 2.75) is 26.4 Å². The van der Waals surface area contributed by atoms with Crippen LogP contribution in [0.2, 0.25) is 0 Å². The summed E-state index contributed by atoms with van der Waals surface area (Å²) in [6, 6.07) is 2.67. The first-order chi connectivity index (χ1) is 9.91. The third-order valence-corrected chi connectivity index (χ3v) is 2.86. The third kappa shape index (κ3) is 3.68. The largest absolute Gasteiger partial charge is 0.433 e. The molecule has 2 aromatic rings. The van der Waals surface area contributed by atoms with Crippen molar-refractivity contribution in [1.82, 2.24) is 15.0 Å². The molecule has 0 aliphatic heterocycles. The highest BCUT2D eigenvalue weighted by Gasteiger charge is 2.33. The van der Waals surface area contributed by atoms with Gasteiger partial charge in [0.2, 0.25) is 5.95 Å². The number of anilines is 1. The van der Waals surface area contributed by atoms with Crippen LogP contribution in [-0.2, 0) is 6.18 Å². The van der Waals surface area contributed by atoms with Gasteiger partial charge in [0.05, 0.1) is 5.69 Å². The summed E-state index contributed by atoms with van der Waals surface area (Å²) in [4.78, 5) is 11.6. The van der Waals surface area contributed by atoms with Crippen molar-refractivity contribution in [3.05, 3.63) is 35.8 Å². The molecule has 0 spiro atoms. The molecule has 0 aliphatic rings. The zero-order valence-corrected chi connectivity index (χ0v) is 11.7. The topological polar surface area (TPSA) is 50.7 Å². The molecular weight excluding hydrogens is 281 g/mol. The Kier molecular flexibility index (Phi) is 4.40. The molecule has 0 radical (unpaired) electrons. The lowest BCUT2D eigenvalue weighted by atomic mass is 10.1. The van der Waals surface area contributed by atoms with Gasteiger partial charge in [-0.2, -0.15) is 13.2 Å². The van der Waals surface area contributed by atoms with Gasteiger partial charge in [-0.15, -0.1) is 0 Å². The van der Waals surface area contributed by atoms with Gasteiger partial charge in [-0.1, -0.05) is 6.92 Å². The molecule has 0 amide bonds. The molecule has 0 fully saturated rings. The van der Waals surface area contributed by atoms with Crippen LogP contribution in [0.15, 0.2) is 24.5 Å². The van der Waals surface area contributed by atoms with Gasteiger partial charge in [-0.3, -0.25) is 4.98 Å². The van der Waals surface area contributed by atoms with Crippen LogP contribution in [0.3, 0.4) is 0 Å². The fourth-order valence-corrected chi connectivity index (χ4v) is 1.78. The van der Waals surface area contributed by atoms with E-state index < -0.39 is 11.9 Å². The first-order valence-electron chi connectivity index (χ1n) is 6.53. The maximum atomic E-state index is 13.0. The van der Waals surface area contributed by atoms with Gasteiger partial charge in [-0.25, -0.2) is 9.97 Å². The van der Waals surface area contributed by atoms with Crippen molar-refractivity contribution < 1.29 is 13.2 Å². The predicted octanol–water partition coefficient (Wildman–Crippen LogP) is 3.69. The van der Waals surface area contributed by atoms with Crippen LogP contribution < -0.4 is 5.32 Å². The number of pyridine rings is 1. The van der Waals surface area contributed by atoms with Crippen LogP contribution in [0, 0.1) is 6.92 Å². The molecule has 0 saturated carbocycles. The predicted molar refractivity (Wildman–Crippen MR) is 73.8 cm³/mol. The number of rotatable bonds is 4. The van der Waals surface area contributed by atoms with Crippen molar-refractivity contribution >= 4 is 5.95 Å². The minimum Gasteiger partial charge on any atom is -0.354 e. The lowest BCUT2D eigenvalue weighted by Gasteiger charge is -2.12. The normalized spacial score (nSPS) is 11.5. The standard InChI is InChI=1S/C14H15F3N4/c1-3-5-19-13-20-11(7-12(21-13)14(15,16)17)10-8-18-6-4-9(10)2/h4,6-8H,3,5H2,1-2H3,(H,19,20,21). The van der Waals surface area contributed by atoms with Gasteiger partial charge in [0.1, 0.15) is 0 Å². The highest BCUT2D eigenvalue weighted by molar-refractivity contribution is 5.63. The van der Waals surface area contributed by atoms with E-state index in [4.69, 9.17) is 0 Å². The Morgan fingerprint density at radius 3 is 2.62 bits per heavy atom. The molecule has 112 valence electrons. The van der Waals surface area contributed by atoms with Crippen LogP contribution in [0.1, 0.15) is 24.6 Å². The molecule has 7 heteroatoms. The molecule has 0 atom stereocenters. The molecule has 2 heterocycles. The summed E-state index contributed by atoms with van der Waals surface area (Å²) < 4.78 is 38.9. The van der Waals surface area contributed by atoms with Crippen LogP contribution in [0.25, 0.3) is 11.3 Å². The average molecular weight is 296 g/mol. The molecule has 0 aliphatic carbocycles. The molecule has 21 heavy (non-hydrogen) atoms. The van der Waals surface area contributed by atoms with E-state index in [-0.39, 0.29) is 11.6 Å². The van der Waals surface area contributed by atoms with Crippen LogP contribution in [0.4, 0.5) is 19.1 Å². The fraction of sp³-hybridized carbons (Fsp3) is 0.357. The van der Waals surface area contributed by atoms with Crippen molar-refractivity contribution in [3.8, 4) is 11.3 Å². The lowest BCUT2D eigenvalue weighted by Crippen LogP contribution is -2.13. The maximum Gasteiger partial charge on any atom is 0.433 e. The number of hydrogen-bond donors (Lipinski definition) is 1. The summed E-state index contributed by atoms with van der Waals surface area (Å²) in [5.74, 6) is -0.0232. The van der Waals surface area contributed by atoms with Crippen LogP contribution in [0.5, 0.6) is 0 Å². The summed E-state index contributed by atoms with van der Waals surface area (Å²) in [6.07, 6.45) is -0.667. The highest BCUT2D eigenvalue weighted by Crippen LogP contribution is 2.31. The number of nitrogens with zero attached hydrogens (tertiary/aromatic N) is 3. The first kappa shape index (κ1) is 15.2. The zero-order valence-electron chi connectivity index (χ0n) is 11.7. The number of aromatic nitrogens is 3. The summed E-state index contributed by atoms with van der Waals surface area (Å²) in [5, 5.41) is 2.79. The van der Waals surface area contributed by atoms with E-state index in [0.717, 1.165) is 18.1 Å². The Balaban J connectivity index is 2.52. The second-order valence-electron chi connectivity index (χ2n) is 4.58. The quantitative estimate of drug-likeness (QED) is 0.935. The average Bonchev–Trinajstić information content (AvgIpc) is 2.44. The Labute approximate surface area is 120 Å². The van der Waals surface area contributed by atoms with Gasteiger partial charge < -0.3 is 5.32 Å². The third-order valence-electron chi connectivity index (χ3n) is 2.86. The van der Waals surface area contributed by atoms with Crippen LogP contribution >= 0.6 is 0 Å². The number of hydrogen-bond acceptors (Lipinski definition) is 4. The number of halogens is 3. The minimum absolute atomic E-state index is 0.0232. The molecule has 1 N–H and O–H groups in total. The smallest absolute Gasteiger partial charge is 0.354 e. The van der Waals surface area contributed by atoms with Crippen molar-refractivity contribution in [3.63, 3.8) is 0 Å². The van der Waals surface area contributed by atoms with Gasteiger partial charge in [0.15, 0.2) is 5.69 Å². The molecule has 0 saturated heterocycles. The number of nitrogens with one attached hydrogen (secondary N) is 1. The summed E-state index contributed by atoms with van der Waals surface area (Å²) >= 11 is 0. The first-order valence-corrected chi connectivity index (χ1v) is 6.53. The highest BCUT2D eigenvalue weighted by atomic mass is 19.4. The summed E-state index contributed by atoms with van der Waals surface area (Å²) in [7, 11) is 0. The van der Waals surface area contributed by atoms with Crippen molar-refractivity contribution in [2.24, 2.45) is 0 Å². The summed E-state index contributed by atoms with van der Waals surface area (Å²) in [5.41, 5.74) is 0.610. The SMILES string of the molecule is CCCNc1nc(-c2cnccc2C)cc(C(F)(F)F)n1. The van der Waals surface area contributed by atoms with Gasteiger partial charge >= 0.3 is 6.18 Å². The molecule has 0 aromatic carbocycles. The number of aryl methyl sites for hydroxylation is 1. The second kappa shape index (κ2) is 6.07. The monoisotopic (exact) mass is 296 g/mol. The van der Waals surface area contributed by atoms with Gasteiger partial charge in [-0.05, 0) is 31.0 Å². The molecule has 4 nitrogen and oxygen atoms in total. The van der Waals surface area contributed by atoms with E-state index in [9.17, 15) is 13.2 Å². The Morgan fingerprint density at radius 1 is 1.24 bits per heavy atom. The molecule has 2 aromatic heterocycles. The Bertz CT molecular complexity index is 626. The number of alkyl halides is 3. The van der Waals surface area contributed by atoms with Gasteiger partial charge in [0.25, 0.3) is 0 Å². The molecular formula is C14H15F3N4. The molecule has 2 rings (SSSR count). The van der Waals surface area contributed by atoms with Crippen molar-refractivity contribution in [1.29, 1.82) is 0 Å². The zero-order chi connectivity index (χ0) is 15.5. The van der Waals surface area contributed by atoms with E-state index in [2.05, 4.69) is 20.3 Å². The van der Waals surface area contributed by atoms with Crippen molar-refractivity contribution in [2.75, 3.05) is 11.9 Å². The fourth-order valence-electron chi connectivity index (χ4n) is 1.78. The van der Waals surface area contributed by atoms with E-state index in [0.29, 0.717) is 12.1 Å². The summed E-state index contributed by atoms with van der Waals surface area (Å²) in [6.45, 7) is 4.21. The van der Waals surface area contributed by atoms with E-state index >= 15 is 0 Å². The maximum absolute atomic E-state index is 13.0. The second-order valence-corrected chi connectivity index (χ2v) is 4.58. The van der Waals surface area contributed by atoms with E-state index in [1.807, 2.05) is 6.92 Å². The van der Waals surface area contributed by atoms with E-state index in [1.165, 1.54) is 6.20 Å².